The highest BCUT2D eigenvalue weighted by Gasteiger charge is 2.12. The van der Waals surface area contributed by atoms with E-state index in [-0.39, 0.29) is 24.9 Å². The Kier molecular flexibility index (Phi) is 7.03. The first-order chi connectivity index (χ1) is 12.4. The summed E-state index contributed by atoms with van der Waals surface area (Å²) in [6, 6.07) is 3.50. The first kappa shape index (κ1) is 19.8. The number of amides is 2. The second-order valence-electron chi connectivity index (χ2n) is 6.27. The quantitative estimate of drug-likeness (QED) is 0.691. The van der Waals surface area contributed by atoms with Gasteiger partial charge in [-0.15, -0.1) is 0 Å². The van der Waals surface area contributed by atoms with Crippen LogP contribution in [0.5, 0.6) is 0 Å². The summed E-state index contributed by atoms with van der Waals surface area (Å²) < 4.78 is 6.84. The lowest BCUT2D eigenvalue weighted by Gasteiger charge is -2.05. The molecule has 0 aliphatic rings. The first-order valence-electron chi connectivity index (χ1n) is 8.34. The molecular weight excluding hydrogens is 356 g/mol. The number of furan rings is 1. The molecule has 0 bridgehead atoms. The van der Waals surface area contributed by atoms with Crippen LogP contribution in [0.2, 0.25) is 5.15 Å². The lowest BCUT2D eigenvalue weighted by atomic mass is 10.2. The van der Waals surface area contributed by atoms with Crippen molar-refractivity contribution >= 4 is 29.5 Å². The first-order valence-corrected chi connectivity index (χ1v) is 8.72. The molecule has 7 nitrogen and oxygen atoms in total. The number of nitrogens with one attached hydrogen (secondary N) is 2. The monoisotopic (exact) mass is 378 g/mol. The Morgan fingerprint density at radius 1 is 1.38 bits per heavy atom. The van der Waals surface area contributed by atoms with E-state index in [0.717, 1.165) is 5.69 Å². The fourth-order valence-corrected chi connectivity index (χ4v) is 2.58. The fourth-order valence-electron chi connectivity index (χ4n) is 2.27. The van der Waals surface area contributed by atoms with E-state index in [1.54, 1.807) is 22.9 Å². The van der Waals surface area contributed by atoms with Crippen molar-refractivity contribution in [2.75, 3.05) is 6.54 Å². The highest BCUT2D eigenvalue weighted by Crippen LogP contribution is 2.22. The molecule has 0 radical (unpaired) electrons. The number of halogens is 1. The van der Waals surface area contributed by atoms with Gasteiger partial charge in [0.05, 0.1) is 25.0 Å². The van der Waals surface area contributed by atoms with Gasteiger partial charge >= 0.3 is 0 Å². The summed E-state index contributed by atoms with van der Waals surface area (Å²) in [5, 5.41) is 10.0. The minimum Gasteiger partial charge on any atom is -0.467 e. The van der Waals surface area contributed by atoms with Gasteiger partial charge in [0.2, 0.25) is 11.8 Å². The third kappa shape index (κ3) is 5.77. The van der Waals surface area contributed by atoms with Crippen LogP contribution in [0.1, 0.15) is 30.9 Å². The van der Waals surface area contributed by atoms with Crippen molar-refractivity contribution in [1.29, 1.82) is 0 Å². The van der Waals surface area contributed by atoms with Crippen molar-refractivity contribution in [1.82, 2.24) is 20.4 Å². The van der Waals surface area contributed by atoms with E-state index < -0.39 is 0 Å². The maximum Gasteiger partial charge on any atom is 0.244 e. The second-order valence-corrected chi connectivity index (χ2v) is 6.63. The standard InChI is InChI=1S/C18H23ClN4O3/c1-12(2)11-23-18(19)15(13(3)22-23)6-7-16(24)21-10-17(25)20-9-14-5-4-8-26-14/h4-8,12H,9-11H2,1-3H3,(H,20,25)(H,21,24)/b7-6+. The summed E-state index contributed by atoms with van der Waals surface area (Å²) in [5.41, 5.74) is 1.45. The van der Waals surface area contributed by atoms with Crippen molar-refractivity contribution in [2.45, 2.75) is 33.9 Å². The zero-order valence-electron chi connectivity index (χ0n) is 15.1. The molecule has 0 fully saturated rings. The molecule has 2 aromatic heterocycles. The molecule has 2 heterocycles. The summed E-state index contributed by atoms with van der Waals surface area (Å²) >= 11 is 6.32. The van der Waals surface area contributed by atoms with Gasteiger partial charge in [-0.3, -0.25) is 14.3 Å². The van der Waals surface area contributed by atoms with Gasteiger partial charge < -0.3 is 15.1 Å². The molecule has 140 valence electrons. The van der Waals surface area contributed by atoms with Crippen LogP contribution in [0, 0.1) is 12.8 Å². The van der Waals surface area contributed by atoms with E-state index in [4.69, 9.17) is 16.0 Å². The number of hydrogen-bond acceptors (Lipinski definition) is 4. The Morgan fingerprint density at radius 2 is 2.15 bits per heavy atom. The molecule has 0 saturated carbocycles. The number of carbonyl (C=O) groups excluding carboxylic acids is 2. The molecule has 0 aliphatic carbocycles. The Bertz CT molecular complexity index is 779. The summed E-state index contributed by atoms with van der Waals surface area (Å²) in [7, 11) is 0. The van der Waals surface area contributed by atoms with Crippen molar-refractivity contribution in [2.24, 2.45) is 5.92 Å². The molecule has 0 aromatic carbocycles. The SMILES string of the molecule is Cc1nn(CC(C)C)c(Cl)c1/C=C/C(=O)NCC(=O)NCc1ccco1. The highest BCUT2D eigenvalue weighted by atomic mass is 35.5. The van der Waals surface area contributed by atoms with Gasteiger partial charge in [-0.1, -0.05) is 25.4 Å². The number of hydrogen-bond donors (Lipinski definition) is 2. The van der Waals surface area contributed by atoms with Gasteiger partial charge in [0.15, 0.2) is 0 Å². The predicted molar refractivity (Wildman–Crippen MR) is 99.4 cm³/mol. The highest BCUT2D eigenvalue weighted by molar-refractivity contribution is 6.31. The molecule has 0 saturated heterocycles. The van der Waals surface area contributed by atoms with Crippen LogP contribution >= 0.6 is 11.6 Å². The van der Waals surface area contributed by atoms with Gasteiger partial charge in [-0.05, 0) is 31.1 Å². The van der Waals surface area contributed by atoms with E-state index in [1.165, 1.54) is 12.3 Å². The number of nitrogens with zero attached hydrogens (tertiary/aromatic N) is 2. The Balaban J connectivity index is 1.83. The number of aromatic nitrogens is 2. The van der Waals surface area contributed by atoms with Gasteiger partial charge in [0.1, 0.15) is 10.9 Å². The topological polar surface area (TPSA) is 89.2 Å². The van der Waals surface area contributed by atoms with Crippen LogP contribution in [-0.2, 0) is 22.7 Å². The number of rotatable bonds is 8. The maximum atomic E-state index is 11.9. The van der Waals surface area contributed by atoms with Crippen LogP contribution in [0.3, 0.4) is 0 Å². The van der Waals surface area contributed by atoms with E-state index >= 15 is 0 Å². The molecule has 2 amide bonds. The van der Waals surface area contributed by atoms with Crippen LogP contribution in [0.25, 0.3) is 6.08 Å². The normalized spacial score (nSPS) is 11.3. The van der Waals surface area contributed by atoms with Gasteiger partial charge in [-0.25, -0.2) is 0 Å². The zero-order chi connectivity index (χ0) is 19.1. The van der Waals surface area contributed by atoms with Crippen molar-refractivity contribution in [3.63, 3.8) is 0 Å². The molecular formula is C18H23ClN4O3. The molecule has 2 N–H and O–H groups in total. The molecule has 2 rings (SSSR count). The minimum absolute atomic E-state index is 0.122. The van der Waals surface area contributed by atoms with Crippen LogP contribution in [0.4, 0.5) is 0 Å². The Labute approximate surface area is 157 Å². The van der Waals surface area contributed by atoms with Crippen molar-refractivity contribution in [3.05, 3.63) is 46.6 Å². The average molecular weight is 379 g/mol. The lowest BCUT2D eigenvalue weighted by Crippen LogP contribution is -2.35. The molecule has 0 aliphatic heterocycles. The largest absolute Gasteiger partial charge is 0.467 e. The second kappa shape index (κ2) is 9.24. The fraction of sp³-hybridized carbons (Fsp3) is 0.389. The van der Waals surface area contributed by atoms with E-state index in [0.29, 0.717) is 28.9 Å². The third-order valence-corrected chi connectivity index (χ3v) is 3.91. The van der Waals surface area contributed by atoms with E-state index in [2.05, 4.69) is 29.6 Å². The van der Waals surface area contributed by atoms with Crippen molar-refractivity contribution < 1.29 is 14.0 Å². The molecule has 0 spiro atoms. The molecule has 26 heavy (non-hydrogen) atoms. The van der Waals surface area contributed by atoms with Gasteiger partial charge in [0.25, 0.3) is 0 Å². The molecule has 8 heteroatoms. The third-order valence-electron chi connectivity index (χ3n) is 3.51. The van der Waals surface area contributed by atoms with E-state index in [9.17, 15) is 9.59 Å². The van der Waals surface area contributed by atoms with Crippen molar-refractivity contribution in [3.8, 4) is 0 Å². The number of aryl methyl sites for hydroxylation is 1. The van der Waals surface area contributed by atoms with Crippen LogP contribution < -0.4 is 10.6 Å². The summed E-state index contributed by atoms with van der Waals surface area (Å²) in [6.07, 6.45) is 4.48. The lowest BCUT2D eigenvalue weighted by molar-refractivity contribution is -0.124. The van der Waals surface area contributed by atoms with Gasteiger partial charge in [0, 0.05) is 18.2 Å². The molecule has 0 unspecified atom stereocenters. The minimum atomic E-state index is -0.384. The summed E-state index contributed by atoms with van der Waals surface area (Å²) in [4.78, 5) is 23.6. The van der Waals surface area contributed by atoms with Gasteiger partial charge in [-0.2, -0.15) is 5.10 Å². The maximum absolute atomic E-state index is 11.9. The smallest absolute Gasteiger partial charge is 0.244 e. The predicted octanol–water partition coefficient (Wildman–Crippen LogP) is 2.54. The zero-order valence-corrected chi connectivity index (χ0v) is 15.8. The Hall–Kier alpha value is -2.54. The molecule has 2 aromatic rings. The van der Waals surface area contributed by atoms with E-state index in [1.807, 2.05) is 6.92 Å². The average Bonchev–Trinajstić information content (AvgIpc) is 3.18. The van der Waals surface area contributed by atoms with Crippen LogP contribution in [0.15, 0.2) is 28.9 Å². The summed E-state index contributed by atoms with van der Waals surface area (Å²) in [6.45, 7) is 6.85. The number of carbonyl (C=O) groups is 2. The Morgan fingerprint density at radius 3 is 2.81 bits per heavy atom. The molecule has 0 atom stereocenters. The van der Waals surface area contributed by atoms with Crippen LogP contribution in [-0.4, -0.2) is 28.1 Å². The summed E-state index contributed by atoms with van der Waals surface area (Å²) in [5.74, 6) is 0.368.